The molecule has 2 N–H and O–H groups in total. The maximum Gasteiger partial charge on any atom is 0.241 e. The third kappa shape index (κ3) is 3.61. The van der Waals surface area contributed by atoms with Crippen LogP contribution in [0.5, 0.6) is 0 Å². The zero-order valence-electron chi connectivity index (χ0n) is 12.8. The molecule has 0 saturated heterocycles. The smallest absolute Gasteiger partial charge is 0.241 e. The average Bonchev–Trinajstić information content (AvgIpc) is 2.88. The summed E-state index contributed by atoms with van der Waals surface area (Å²) in [7, 11) is 0. The zero-order valence-corrected chi connectivity index (χ0v) is 12.8. The summed E-state index contributed by atoms with van der Waals surface area (Å²) in [6.45, 7) is 6.17. The van der Waals surface area contributed by atoms with Crippen LogP contribution in [0, 0.1) is 5.92 Å². The molecule has 0 aliphatic rings. The highest BCUT2D eigenvalue weighted by molar-refractivity contribution is 5.81. The minimum Gasteiger partial charge on any atom is -0.388 e. The summed E-state index contributed by atoms with van der Waals surface area (Å²) in [6.07, 6.45) is 2.62. The lowest BCUT2D eigenvalue weighted by molar-refractivity contribution is -0.123. The highest BCUT2D eigenvalue weighted by atomic mass is 16.3. The van der Waals surface area contributed by atoms with Crippen LogP contribution in [-0.4, -0.2) is 32.9 Å². The molecule has 1 amide bonds. The first-order valence-electron chi connectivity index (χ1n) is 7.33. The van der Waals surface area contributed by atoms with Crippen molar-refractivity contribution in [3.63, 3.8) is 0 Å². The molecule has 2 unspecified atom stereocenters. The van der Waals surface area contributed by atoms with Crippen LogP contribution in [0.25, 0.3) is 10.9 Å². The molecule has 0 fully saturated rings. The van der Waals surface area contributed by atoms with Crippen LogP contribution in [0.3, 0.4) is 0 Å². The van der Waals surface area contributed by atoms with Crippen molar-refractivity contribution in [1.82, 2.24) is 15.1 Å². The molecule has 0 radical (unpaired) electrons. The standard InChI is InChI=1S/C16H23N3O2/c1-4-12(2)16(3,21)11-17-15(20)10-19-14-8-6-5-7-13(14)9-18-19/h5-9,12,21H,4,10-11H2,1-3H3,(H,17,20). The van der Waals surface area contributed by atoms with Crippen LogP contribution >= 0.6 is 0 Å². The molecule has 5 nitrogen and oxygen atoms in total. The topological polar surface area (TPSA) is 67.2 Å². The number of benzene rings is 1. The van der Waals surface area contributed by atoms with Gasteiger partial charge in [-0.25, -0.2) is 0 Å². The van der Waals surface area contributed by atoms with Gasteiger partial charge in [-0.1, -0.05) is 38.5 Å². The number of carbonyl (C=O) groups is 1. The molecule has 114 valence electrons. The number of para-hydroxylation sites is 1. The summed E-state index contributed by atoms with van der Waals surface area (Å²) < 4.78 is 1.67. The van der Waals surface area contributed by atoms with E-state index in [0.29, 0.717) is 0 Å². The van der Waals surface area contributed by atoms with Gasteiger partial charge in [0.05, 0.1) is 17.3 Å². The summed E-state index contributed by atoms with van der Waals surface area (Å²) >= 11 is 0. The normalized spacial score (nSPS) is 15.6. The second kappa shape index (κ2) is 6.26. The molecule has 5 heteroatoms. The molecule has 2 atom stereocenters. The molecule has 0 aliphatic heterocycles. The Bertz CT molecular complexity index is 619. The van der Waals surface area contributed by atoms with E-state index in [1.807, 2.05) is 38.1 Å². The van der Waals surface area contributed by atoms with Crippen LogP contribution in [0.15, 0.2) is 30.5 Å². The molecule has 0 aliphatic carbocycles. The number of hydrogen-bond acceptors (Lipinski definition) is 3. The van der Waals surface area contributed by atoms with Crippen molar-refractivity contribution < 1.29 is 9.90 Å². The Morgan fingerprint density at radius 3 is 2.90 bits per heavy atom. The monoisotopic (exact) mass is 289 g/mol. The Hall–Kier alpha value is -1.88. The summed E-state index contributed by atoms with van der Waals surface area (Å²) in [5, 5.41) is 18.3. The van der Waals surface area contributed by atoms with E-state index in [1.54, 1.807) is 17.8 Å². The number of carbonyl (C=O) groups excluding carboxylic acids is 1. The first-order chi connectivity index (χ1) is 9.94. The first-order valence-corrected chi connectivity index (χ1v) is 7.33. The van der Waals surface area contributed by atoms with Crippen molar-refractivity contribution in [2.45, 2.75) is 39.3 Å². The van der Waals surface area contributed by atoms with E-state index in [1.165, 1.54) is 0 Å². The van der Waals surface area contributed by atoms with E-state index in [9.17, 15) is 9.90 Å². The Labute approximate surface area is 125 Å². The van der Waals surface area contributed by atoms with Crippen LogP contribution < -0.4 is 5.32 Å². The number of fused-ring (bicyclic) bond motifs is 1. The molecule has 1 aromatic carbocycles. The maximum absolute atomic E-state index is 12.0. The van der Waals surface area contributed by atoms with Gasteiger partial charge in [-0.2, -0.15) is 5.10 Å². The Morgan fingerprint density at radius 1 is 1.48 bits per heavy atom. The van der Waals surface area contributed by atoms with Gasteiger partial charge in [-0.15, -0.1) is 0 Å². The van der Waals surface area contributed by atoms with Gasteiger partial charge in [-0.05, 0) is 18.9 Å². The number of rotatable bonds is 6. The van der Waals surface area contributed by atoms with Crippen LogP contribution in [0.2, 0.25) is 0 Å². The van der Waals surface area contributed by atoms with Crippen LogP contribution in [0.1, 0.15) is 27.2 Å². The van der Waals surface area contributed by atoms with Crippen molar-refractivity contribution in [2.75, 3.05) is 6.54 Å². The number of aromatic nitrogens is 2. The van der Waals surface area contributed by atoms with E-state index < -0.39 is 5.60 Å². The molecule has 0 spiro atoms. The predicted octanol–water partition coefficient (Wildman–Crippen LogP) is 1.95. The molecular weight excluding hydrogens is 266 g/mol. The van der Waals surface area contributed by atoms with E-state index in [4.69, 9.17) is 0 Å². The molecular formula is C16H23N3O2. The third-order valence-electron chi connectivity index (χ3n) is 4.16. The molecule has 2 aromatic rings. The Morgan fingerprint density at radius 2 is 2.19 bits per heavy atom. The number of hydrogen-bond donors (Lipinski definition) is 2. The molecule has 0 saturated carbocycles. The third-order valence-corrected chi connectivity index (χ3v) is 4.16. The van der Waals surface area contributed by atoms with Crippen molar-refractivity contribution in [1.29, 1.82) is 0 Å². The lowest BCUT2D eigenvalue weighted by Crippen LogP contribution is -2.45. The minimum absolute atomic E-state index is 0.128. The summed E-state index contributed by atoms with van der Waals surface area (Å²) in [5.74, 6) is -0.0178. The molecule has 1 aromatic heterocycles. The summed E-state index contributed by atoms with van der Waals surface area (Å²) in [5.41, 5.74) is 0.0395. The number of amides is 1. The minimum atomic E-state index is -0.892. The van der Waals surface area contributed by atoms with E-state index in [0.717, 1.165) is 17.3 Å². The summed E-state index contributed by atoms with van der Waals surface area (Å²) in [6, 6.07) is 7.76. The van der Waals surface area contributed by atoms with Crippen molar-refractivity contribution in [2.24, 2.45) is 5.92 Å². The van der Waals surface area contributed by atoms with Crippen molar-refractivity contribution >= 4 is 16.8 Å². The lowest BCUT2D eigenvalue weighted by Gasteiger charge is -2.29. The van der Waals surface area contributed by atoms with Gasteiger partial charge in [0.1, 0.15) is 6.54 Å². The van der Waals surface area contributed by atoms with Gasteiger partial charge in [0.2, 0.25) is 5.91 Å². The number of aliphatic hydroxyl groups is 1. The van der Waals surface area contributed by atoms with E-state index in [-0.39, 0.29) is 24.9 Å². The van der Waals surface area contributed by atoms with Crippen LogP contribution in [0.4, 0.5) is 0 Å². The SMILES string of the molecule is CCC(C)C(C)(O)CNC(=O)Cn1ncc2ccccc21. The van der Waals surface area contributed by atoms with Gasteiger partial charge in [0.25, 0.3) is 0 Å². The van der Waals surface area contributed by atoms with Gasteiger partial charge >= 0.3 is 0 Å². The van der Waals surface area contributed by atoms with Crippen LogP contribution in [-0.2, 0) is 11.3 Å². The zero-order chi connectivity index (χ0) is 15.5. The fourth-order valence-corrected chi connectivity index (χ4v) is 2.24. The second-order valence-corrected chi connectivity index (χ2v) is 5.80. The highest BCUT2D eigenvalue weighted by Gasteiger charge is 2.27. The quantitative estimate of drug-likeness (QED) is 0.854. The van der Waals surface area contributed by atoms with Crippen molar-refractivity contribution in [3.05, 3.63) is 30.5 Å². The Kier molecular flexibility index (Phi) is 4.63. The molecule has 21 heavy (non-hydrogen) atoms. The average molecular weight is 289 g/mol. The molecule has 1 heterocycles. The fourth-order valence-electron chi connectivity index (χ4n) is 2.24. The predicted molar refractivity (Wildman–Crippen MR) is 82.8 cm³/mol. The number of nitrogens with zero attached hydrogens (tertiary/aromatic N) is 2. The Balaban J connectivity index is 1.96. The maximum atomic E-state index is 12.0. The van der Waals surface area contributed by atoms with Gasteiger partial charge in [0, 0.05) is 11.9 Å². The second-order valence-electron chi connectivity index (χ2n) is 5.80. The van der Waals surface area contributed by atoms with E-state index >= 15 is 0 Å². The first kappa shape index (κ1) is 15.5. The molecule has 2 rings (SSSR count). The van der Waals surface area contributed by atoms with Crippen molar-refractivity contribution in [3.8, 4) is 0 Å². The largest absolute Gasteiger partial charge is 0.388 e. The van der Waals surface area contributed by atoms with Gasteiger partial charge < -0.3 is 10.4 Å². The van der Waals surface area contributed by atoms with E-state index in [2.05, 4.69) is 10.4 Å². The summed E-state index contributed by atoms with van der Waals surface area (Å²) in [4.78, 5) is 12.0. The fraction of sp³-hybridized carbons (Fsp3) is 0.500. The number of nitrogens with one attached hydrogen (secondary N) is 1. The lowest BCUT2D eigenvalue weighted by atomic mass is 9.89. The molecule has 0 bridgehead atoms. The van der Waals surface area contributed by atoms with Gasteiger partial charge in [0.15, 0.2) is 0 Å². The highest BCUT2D eigenvalue weighted by Crippen LogP contribution is 2.18. The van der Waals surface area contributed by atoms with Gasteiger partial charge in [-0.3, -0.25) is 9.48 Å².